The molecule has 0 aliphatic heterocycles. The van der Waals surface area contributed by atoms with Gasteiger partial charge in [-0.3, -0.25) is 0 Å². The van der Waals surface area contributed by atoms with Crippen LogP contribution in [-0.4, -0.2) is 36.6 Å². The maximum atomic E-state index is 9.85. The molecule has 0 unspecified atom stereocenters. The lowest BCUT2D eigenvalue weighted by atomic mass is 10.1. The number of methoxy groups -OCH3 is 3. The second-order valence-corrected chi connectivity index (χ2v) is 4.53. The van der Waals surface area contributed by atoms with Crippen molar-refractivity contribution >= 4 is 0 Å². The quantitative estimate of drug-likeness (QED) is 0.753. The van der Waals surface area contributed by atoms with Gasteiger partial charge in [-0.05, 0) is 24.3 Å². The van der Waals surface area contributed by atoms with Gasteiger partial charge in [0.25, 0.3) is 0 Å². The van der Waals surface area contributed by atoms with Gasteiger partial charge in [-0.2, -0.15) is 0 Å². The van der Waals surface area contributed by atoms with E-state index in [1.807, 2.05) is 0 Å². The fraction of sp³-hybridized carbons (Fsp3) is 0.176. The zero-order chi connectivity index (χ0) is 17.0. The molecule has 0 aliphatic rings. The number of ether oxygens (including phenoxy) is 3. The summed E-state index contributed by atoms with van der Waals surface area (Å²) in [6, 6.07) is 5.85. The van der Waals surface area contributed by atoms with Gasteiger partial charge in [0.2, 0.25) is 11.5 Å². The van der Waals surface area contributed by atoms with Gasteiger partial charge in [0, 0.05) is 11.1 Å². The number of hydrogen-bond acceptors (Lipinski definition) is 6. The molecule has 0 saturated heterocycles. The summed E-state index contributed by atoms with van der Waals surface area (Å²) in [7, 11) is 4.19. The molecule has 6 nitrogen and oxygen atoms in total. The van der Waals surface area contributed by atoms with Crippen LogP contribution >= 0.6 is 0 Å². The van der Waals surface area contributed by atoms with E-state index in [0.717, 1.165) is 0 Å². The Balaban J connectivity index is 2.43. The van der Waals surface area contributed by atoms with Crippen LogP contribution in [0.5, 0.6) is 34.5 Å². The van der Waals surface area contributed by atoms with E-state index in [1.165, 1.54) is 33.5 Å². The molecule has 23 heavy (non-hydrogen) atoms. The van der Waals surface area contributed by atoms with Crippen molar-refractivity contribution in [2.75, 3.05) is 21.3 Å². The van der Waals surface area contributed by atoms with Crippen LogP contribution in [0.3, 0.4) is 0 Å². The minimum absolute atomic E-state index is 0.0106. The number of rotatable bonds is 3. The molecule has 0 heterocycles. The lowest BCUT2D eigenvalue weighted by molar-refractivity contribution is 0.339. The van der Waals surface area contributed by atoms with E-state index in [-0.39, 0.29) is 34.5 Å². The van der Waals surface area contributed by atoms with Gasteiger partial charge >= 0.3 is 0 Å². The number of benzene rings is 2. The first-order valence-electron chi connectivity index (χ1n) is 6.57. The van der Waals surface area contributed by atoms with Gasteiger partial charge in [-0.1, -0.05) is 11.8 Å². The second kappa shape index (κ2) is 6.71. The first-order chi connectivity index (χ1) is 11.0. The normalized spacial score (nSPS) is 9.70. The molecule has 0 amide bonds. The van der Waals surface area contributed by atoms with Crippen LogP contribution in [0.1, 0.15) is 11.1 Å². The van der Waals surface area contributed by atoms with Crippen molar-refractivity contribution in [2.45, 2.75) is 0 Å². The van der Waals surface area contributed by atoms with Crippen LogP contribution in [-0.2, 0) is 0 Å². The molecule has 0 aliphatic carbocycles. The van der Waals surface area contributed by atoms with Crippen LogP contribution in [0.25, 0.3) is 0 Å². The van der Waals surface area contributed by atoms with Crippen LogP contribution in [0.4, 0.5) is 0 Å². The third-order valence-corrected chi connectivity index (χ3v) is 3.08. The fourth-order valence-electron chi connectivity index (χ4n) is 1.99. The summed E-state index contributed by atoms with van der Waals surface area (Å²) in [6.07, 6.45) is 0. The number of hydrogen-bond donors (Lipinski definition) is 3. The van der Waals surface area contributed by atoms with E-state index in [2.05, 4.69) is 11.8 Å². The topological polar surface area (TPSA) is 88.4 Å². The molecule has 120 valence electrons. The van der Waals surface area contributed by atoms with E-state index in [9.17, 15) is 15.3 Å². The summed E-state index contributed by atoms with van der Waals surface area (Å²) in [4.78, 5) is 0. The first kappa shape index (κ1) is 16.2. The molecule has 2 aromatic rings. The molecule has 0 saturated carbocycles. The third kappa shape index (κ3) is 3.35. The van der Waals surface area contributed by atoms with E-state index >= 15 is 0 Å². The highest BCUT2D eigenvalue weighted by Gasteiger charge is 2.11. The van der Waals surface area contributed by atoms with Crippen LogP contribution in [0.15, 0.2) is 24.3 Å². The molecule has 0 aromatic heterocycles. The minimum atomic E-state index is -0.210. The molecule has 0 spiro atoms. The standard InChI is InChI=1S/C17H16O6/c1-21-14-8-11(9-15(22-2)16(14)20)5-4-10-6-12(18)17(23-3)13(19)7-10/h6-9,18-20H,1-3H3. The lowest BCUT2D eigenvalue weighted by Gasteiger charge is -2.08. The van der Waals surface area contributed by atoms with Crippen LogP contribution in [0, 0.1) is 11.8 Å². The Labute approximate surface area is 133 Å². The van der Waals surface area contributed by atoms with Crippen LogP contribution < -0.4 is 14.2 Å². The van der Waals surface area contributed by atoms with Gasteiger partial charge in [-0.25, -0.2) is 0 Å². The highest BCUT2D eigenvalue weighted by atomic mass is 16.5. The maximum absolute atomic E-state index is 9.85. The smallest absolute Gasteiger partial charge is 0.202 e. The zero-order valence-corrected chi connectivity index (χ0v) is 12.9. The highest BCUT2D eigenvalue weighted by Crippen LogP contribution is 2.37. The Morgan fingerprint density at radius 3 is 1.52 bits per heavy atom. The largest absolute Gasteiger partial charge is 0.504 e. The molecule has 2 rings (SSSR count). The molecule has 0 radical (unpaired) electrons. The minimum Gasteiger partial charge on any atom is -0.504 e. The summed E-state index contributed by atoms with van der Waals surface area (Å²) in [5.41, 5.74) is 0.929. The van der Waals surface area contributed by atoms with Gasteiger partial charge in [-0.15, -0.1) is 0 Å². The van der Waals surface area contributed by atoms with Crippen molar-refractivity contribution < 1.29 is 29.5 Å². The van der Waals surface area contributed by atoms with Gasteiger partial charge in [0.15, 0.2) is 23.0 Å². The predicted molar refractivity (Wildman–Crippen MR) is 83.5 cm³/mol. The Bertz CT molecular complexity index is 737. The number of phenols is 3. The van der Waals surface area contributed by atoms with Gasteiger partial charge in [0.1, 0.15) is 0 Å². The molecule has 0 bridgehead atoms. The van der Waals surface area contributed by atoms with Crippen LogP contribution in [0.2, 0.25) is 0 Å². The first-order valence-corrected chi connectivity index (χ1v) is 6.57. The molecular weight excluding hydrogens is 300 g/mol. The Kier molecular flexibility index (Phi) is 4.72. The summed E-state index contributed by atoms with van der Waals surface area (Å²) >= 11 is 0. The van der Waals surface area contributed by atoms with Crippen molar-refractivity contribution in [3.8, 4) is 46.3 Å². The molecule has 6 heteroatoms. The fourth-order valence-corrected chi connectivity index (χ4v) is 1.99. The SMILES string of the molecule is COc1cc(C#Cc2cc(O)c(OC)c(O)c2)cc(OC)c1O. The van der Waals surface area contributed by atoms with E-state index < -0.39 is 0 Å². The predicted octanol–water partition coefficient (Wildman–Crippen LogP) is 2.23. The summed E-state index contributed by atoms with van der Waals surface area (Å²) in [5.74, 6) is 5.56. The van der Waals surface area contributed by atoms with Crippen molar-refractivity contribution in [2.24, 2.45) is 0 Å². The van der Waals surface area contributed by atoms with Crippen molar-refractivity contribution in [3.63, 3.8) is 0 Å². The monoisotopic (exact) mass is 316 g/mol. The second-order valence-electron chi connectivity index (χ2n) is 4.53. The Morgan fingerprint density at radius 1 is 0.696 bits per heavy atom. The molecule has 0 atom stereocenters. The third-order valence-electron chi connectivity index (χ3n) is 3.08. The van der Waals surface area contributed by atoms with E-state index in [0.29, 0.717) is 11.1 Å². The van der Waals surface area contributed by atoms with E-state index in [4.69, 9.17) is 14.2 Å². The van der Waals surface area contributed by atoms with Crippen molar-refractivity contribution in [1.29, 1.82) is 0 Å². The number of phenolic OH excluding ortho intramolecular Hbond substituents is 3. The molecule has 2 aromatic carbocycles. The average Bonchev–Trinajstić information content (AvgIpc) is 2.53. The summed E-state index contributed by atoms with van der Waals surface area (Å²) < 4.78 is 15.0. The number of aromatic hydroxyl groups is 3. The average molecular weight is 316 g/mol. The zero-order valence-electron chi connectivity index (χ0n) is 12.9. The molecular formula is C17H16O6. The van der Waals surface area contributed by atoms with Gasteiger partial charge in [0.05, 0.1) is 21.3 Å². The summed E-state index contributed by atoms with van der Waals surface area (Å²) in [6.45, 7) is 0. The maximum Gasteiger partial charge on any atom is 0.202 e. The molecule has 3 N–H and O–H groups in total. The lowest BCUT2D eigenvalue weighted by Crippen LogP contribution is -1.90. The van der Waals surface area contributed by atoms with Gasteiger partial charge < -0.3 is 29.5 Å². The van der Waals surface area contributed by atoms with Crippen molar-refractivity contribution in [1.82, 2.24) is 0 Å². The Morgan fingerprint density at radius 2 is 1.13 bits per heavy atom. The van der Waals surface area contributed by atoms with E-state index in [1.54, 1.807) is 12.1 Å². The Hall–Kier alpha value is -3.20. The highest BCUT2D eigenvalue weighted by molar-refractivity contribution is 5.59. The summed E-state index contributed by atoms with van der Waals surface area (Å²) in [5, 5.41) is 29.3. The van der Waals surface area contributed by atoms with Crippen molar-refractivity contribution in [3.05, 3.63) is 35.4 Å². The molecule has 0 fully saturated rings.